The van der Waals surface area contributed by atoms with Crippen molar-refractivity contribution in [3.05, 3.63) is 71.4 Å². The Morgan fingerprint density at radius 2 is 2.04 bits per heavy atom. The van der Waals surface area contributed by atoms with Crippen molar-refractivity contribution in [2.24, 2.45) is 0 Å². The highest BCUT2D eigenvalue weighted by molar-refractivity contribution is 7.13. The lowest BCUT2D eigenvalue weighted by atomic mass is 9.88. The molecule has 4 heteroatoms. The van der Waals surface area contributed by atoms with E-state index in [1.165, 1.54) is 11.1 Å². The summed E-state index contributed by atoms with van der Waals surface area (Å²) in [7, 11) is 0. The summed E-state index contributed by atoms with van der Waals surface area (Å²) in [6, 6.07) is 10.6. The molecule has 0 bridgehead atoms. The summed E-state index contributed by atoms with van der Waals surface area (Å²) in [5.74, 6) is 0. The molecule has 0 saturated heterocycles. The Balaban J connectivity index is 1.74. The van der Waals surface area contributed by atoms with Crippen molar-refractivity contribution in [2.75, 3.05) is 5.32 Å². The zero-order chi connectivity index (χ0) is 17.5. The standard InChI is InChI=1S/C21H23N3S/c1-20(2,3)18-14-25-19(23-18)24-21(11-7-4-8-12-21)17-13-15-9-5-6-10-16(15)22-17/h4-11,13-14,22H,12H2,1-3H3,(H,23,24). The lowest BCUT2D eigenvalue weighted by Gasteiger charge is -2.31. The first-order valence-electron chi connectivity index (χ1n) is 8.63. The molecule has 0 spiro atoms. The van der Waals surface area contributed by atoms with E-state index in [1.807, 2.05) is 0 Å². The van der Waals surface area contributed by atoms with Gasteiger partial charge in [0, 0.05) is 22.0 Å². The van der Waals surface area contributed by atoms with E-state index in [9.17, 15) is 0 Å². The molecule has 0 fully saturated rings. The number of fused-ring (bicyclic) bond motifs is 1. The zero-order valence-electron chi connectivity index (χ0n) is 14.8. The Bertz CT molecular complexity index is 922. The van der Waals surface area contributed by atoms with Gasteiger partial charge in [-0.3, -0.25) is 0 Å². The highest BCUT2D eigenvalue weighted by Gasteiger charge is 2.32. The van der Waals surface area contributed by atoms with Gasteiger partial charge in [0.05, 0.1) is 5.69 Å². The topological polar surface area (TPSA) is 40.7 Å². The van der Waals surface area contributed by atoms with Crippen LogP contribution in [-0.4, -0.2) is 9.97 Å². The van der Waals surface area contributed by atoms with Gasteiger partial charge in [-0.2, -0.15) is 0 Å². The van der Waals surface area contributed by atoms with E-state index in [4.69, 9.17) is 4.98 Å². The second-order valence-electron chi connectivity index (χ2n) is 7.65. The van der Waals surface area contributed by atoms with Crippen LogP contribution in [0, 0.1) is 0 Å². The van der Waals surface area contributed by atoms with Gasteiger partial charge in [0.2, 0.25) is 0 Å². The fraction of sp³-hybridized carbons (Fsp3) is 0.286. The molecule has 1 aliphatic carbocycles. The summed E-state index contributed by atoms with van der Waals surface area (Å²) in [6.45, 7) is 6.59. The molecule has 0 radical (unpaired) electrons. The first-order chi connectivity index (χ1) is 12.0. The molecule has 128 valence electrons. The highest BCUT2D eigenvalue weighted by atomic mass is 32.1. The van der Waals surface area contributed by atoms with Crippen LogP contribution in [0.3, 0.4) is 0 Å². The SMILES string of the molecule is CC(C)(C)c1csc(NC2(c3cc4ccccc4[nH]3)C=CC=CC2)n1. The molecular formula is C21H23N3S. The van der Waals surface area contributed by atoms with Gasteiger partial charge in [0.1, 0.15) is 5.54 Å². The highest BCUT2D eigenvalue weighted by Crippen LogP contribution is 2.37. The quantitative estimate of drug-likeness (QED) is 0.632. The van der Waals surface area contributed by atoms with Gasteiger partial charge in [-0.25, -0.2) is 4.98 Å². The van der Waals surface area contributed by atoms with Crippen LogP contribution in [0.2, 0.25) is 0 Å². The molecule has 3 nitrogen and oxygen atoms in total. The summed E-state index contributed by atoms with van der Waals surface area (Å²) < 4.78 is 0. The van der Waals surface area contributed by atoms with E-state index in [0.717, 1.165) is 22.8 Å². The molecule has 1 aliphatic rings. The fourth-order valence-electron chi connectivity index (χ4n) is 3.16. The minimum Gasteiger partial charge on any atom is -0.356 e. The van der Waals surface area contributed by atoms with Crippen molar-refractivity contribution in [3.8, 4) is 0 Å². The molecule has 1 aromatic carbocycles. The van der Waals surface area contributed by atoms with Crippen molar-refractivity contribution in [1.82, 2.24) is 9.97 Å². The van der Waals surface area contributed by atoms with Crippen LogP contribution in [0.15, 0.2) is 60.0 Å². The predicted octanol–water partition coefficient (Wildman–Crippen LogP) is 5.75. The van der Waals surface area contributed by atoms with Gasteiger partial charge >= 0.3 is 0 Å². The minimum atomic E-state index is -0.291. The number of aromatic nitrogens is 2. The van der Waals surface area contributed by atoms with Crippen LogP contribution in [-0.2, 0) is 11.0 Å². The van der Waals surface area contributed by atoms with Gasteiger partial charge in [-0.15, -0.1) is 11.3 Å². The molecule has 1 unspecified atom stereocenters. The van der Waals surface area contributed by atoms with E-state index in [2.05, 4.69) is 91.1 Å². The smallest absolute Gasteiger partial charge is 0.183 e. The van der Waals surface area contributed by atoms with Crippen LogP contribution in [0.4, 0.5) is 5.13 Å². The third kappa shape index (κ3) is 3.02. The molecule has 0 amide bonds. The normalized spacial score (nSPS) is 20.3. The number of rotatable bonds is 3. The molecular weight excluding hydrogens is 326 g/mol. The van der Waals surface area contributed by atoms with Crippen molar-refractivity contribution in [2.45, 2.75) is 38.1 Å². The number of thiazole rings is 1. The number of allylic oxidation sites excluding steroid dienone is 2. The maximum atomic E-state index is 4.84. The number of aromatic amines is 1. The van der Waals surface area contributed by atoms with Crippen molar-refractivity contribution < 1.29 is 0 Å². The second-order valence-corrected chi connectivity index (χ2v) is 8.50. The molecule has 2 N–H and O–H groups in total. The lowest BCUT2D eigenvalue weighted by molar-refractivity contribution is 0.569. The maximum absolute atomic E-state index is 4.84. The molecule has 3 aromatic rings. The third-order valence-electron chi connectivity index (χ3n) is 4.68. The fourth-order valence-corrected chi connectivity index (χ4v) is 4.18. The maximum Gasteiger partial charge on any atom is 0.183 e. The number of H-pyrrole nitrogens is 1. The number of anilines is 1. The molecule has 2 heterocycles. The first-order valence-corrected chi connectivity index (χ1v) is 9.51. The average molecular weight is 350 g/mol. The van der Waals surface area contributed by atoms with Gasteiger partial charge < -0.3 is 10.3 Å². The monoisotopic (exact) mass is 349 g/mol. The molecule has 25 heavy (non-hydrogen) atoms. The first kappa shape index (κ1) is 16.2. The summed E-state index contributed by atoms with van der Waals surface area (Å²) in [5, 5.41) is 8.05. The van der Waals surface area contributed by atoms with Crippen LogP contribution in [0.5, 0.6) is 0 Å². The Kier molecular flexibility index (Phi) is 3.80. The Morgan fingerprint density at radius 3 is 2.72 bits per heavy atom. The number of para-hydroxylation sites is 1. The van der Waals surface area contributed by atoms with Gasteiger partial charge in [-0.05, 0) is 23.9 Å². The summed E-state index contributed by atoms with van der Waals surface area (Å²) in [4.78, 5) is 8.43. The summed E-state index contributed by atoms with van der Waals surface area (Å²) >= 11 is 1.68. The van der Waals surface area contributed by atoms with E-state index >= 15 is 0 Å². The number of benzene rings is 1. The number of hydrogen-bond donors (Lipinski definition) is 2. The zero-order valence-corrected chi connectivity index (χ0v) is 15.7. The second kappa shape index (κ2) is 5.88. The Hall–Kier alpha value is -2.33. The lowest BCUT2D eigenvalue weighted by Crippen LogP contribution is -2.34. The van der Waals surface area contributed by atoms with E-state index in [-0.39, 0.29) is 11.0 Å². The molecule has 4 rings (SSSR count). The van der Waals surface area contributed by atoms with E-state index < -0.39 is 0 Å². The molecule has 0 aliphatic heterocycles. The van der Waals surface area contributed by atoms with E-state index in [1.54, 1.807) is 11.3 Å². The Labute approximate surface area is 152 Å². The number of nitrogens with one attached hydrogen (secondary N) is 2. The molecule has 2 aromatic heterocycles. The third-order valence-corrected chi connectivity index (χ3v) is 5.44. The van der Waals surface area contributed by atoms with Gasteiger partial charge in [0.15, 0.2) is 5.13 Å². The van der Waals surface area contributed by atoms with Crippen LogP contribution >= 0.6 is 11.3 Å². The van der Waals surface area contributed by atoms with Gasteiger partial charge in [-0.1, -0.05) is 63.3 Å². The Morgan fingerprint density at radius 1 is 1.20 bits per heavy atom. The van der Waals surface area contributed by atoms with Crippen molar-refractivity contribution >= 4 is 27.4 Å². The minimum absolute atomic E-state index is 0.0625. The van der Waals surface area contributed by atoms with Crippen LogP contribution < -0.4 is 5.32 Å². The average Bonchev–Trinajstić information content (AvgIpc) is 3.22. The van der Waals surface area contributed by atoms with E-state index in [0.29, 0.717) is 0 Å². The van der Waals surface area contributed by atoms with Crippen LogP contribution in [0.25, 0.3) is 10.9 Å². The van der Waals surface area contributed by atoms with Gasteiger partial charge in [0.25, 0.3) is 0 Å². The molecule has 1 atom stereocenters. The largest absolute Gasteiger partial charge is 0.356 e. The van der Waals surface area contributed by atoms with Crippen molar-refractivity contribution in [3.63, 3.8) is 0 Å². The number of nitrogens with zero attached hydrogens (tertiary/aromatic N) is 1. The predicted molar refractivity (Wildman–Crippen MR) is 107 cm³/mol. The number of hydrogen-bond acceptors (Lipinski definition) is 3. The van der Waals surface area contributed by atoms with Crippen molar-refractivity contribution in [1.29, 1.82) is 0 Å². The summed E-state index contributed by atoms with van der Waals surface area (Å²) in [6.07, 6.45) is 9.54. The molecule has 0 saturated carbocycles. The van der Waals surface area contributed by atoms with Crippen LogP contribution in [0.1, 0.15) is 38.6 Å². The summed E-state index contributed by atoms with van der Waals surface area (Å²) in [5.41, 5.74) is 3.23.